The summed E-state index contributed by atoms with van der Waals surface area (Å²) in [7, 11) is 0. The fourth-order valence-corrected chi connectivity index (χ4v) is 1.70. The Morgan fingerprint density at radius 3 is 2.55 bits per heavy atom. The van der Waals surface area contributed by atoms with Gasteiger partial charge in [0.25, 0.3) is 0 Å². The van der Waals surface area contributed by atoms with Gasteiger partial charge in [0, 0.05) is 18.7 Å². The minimum absolute atomic E-state index is 0.0170. The summed E-state index contributed by atoms with van der Waals surface area (Å²) in [4.78, 5) is 11.7. The van der Waals surface area contributed by atoms with E-state index in [0.29, 0.717) is 30.3 Å². The molecule has 0 spiro atoms. The number of amides is 1. The van der Waals surface area contributed by atoms with Gasteiger partial charge in [0.2, 0.25) is 5.91 Å². The molecule has 5 nitrogen and oxygen atoms in total. The molecule has 1 amide bonds. The van der Waals surface area contributed by atoms with Gasteiger partial charge in [-0.3, -0.25) is 4.79 Å². The van der Waals surface area contributed by atoms with Crippen molar-refractivity contribution in [3.05, 3.63) is 18.2 Å². The molecule has 0 fully saturated rings. The number of aliphatic hydroxyl groups is 1. The van der Waals surface area contributed by atoms with Crippen molar-refractivity contribution in [2.75, 3.05) is 22.9 Å². The largest absolute Gasteiger partial charge is 0.397 e. The maximum atomic E-state index is 11.7. The molecule has 0 unspecified atom stereocenters. The summed E-state index contributed by atoms with van der Waals surface area (Å²) in [5.74, 6) is 0.302. The van der Waals surface area contributed by atoms with Gasteiger partial charge in [-0.15, -0.1) is 0 Å². The van der Waals surface area contributed by atoms with E-state index < -0.39 is 5.60 Å². The minimum atomic E-state index is -0.809. The minimum Gasteiger partial charge on any atom is -0.397 e. The first kappa shape index (κ1) is 16.3. The number of carbonyl (C=O) groups is 1. The molecule has 0 aliphatic carbocycles. The predicted octanol–water partition coefficient (Wildman–Crippen LogP) is 2.44. The van der Waals surface area contributed by atoms with Crippen LogP contribution in [0.5, 0.6) is 0 Å². The van der Waals surface area contributed by atoms with Crippen molar-refractivity contribution < 1.29 is 9.90 Å². The molecule has 0 heterocycles. The molecule has 1 rings (SSSR count). The Kier molecular flexibility index (Phi) is 5.39. The van der Waals surface area contributed by atoms with Gasteiger partial charge >= 0.3 is 0 Å². The number of nitrogen functional groups attached to an aromatic ring is 1. The Labute approximate surface area is 120 Å². The van der Waals surface area contributed by atoms with Crippen LogP contribution in [0.15, 0.2) is 18.2 Å². The number of hydrogen-bond acceptors (Lipinski definition) is 4. The standard InChI is InChI=1S/C15H25N3O2/c1-10(2)7-14(19)18-11-5-6-13(12(16)8-11)17-9-15(3,4)20/h5-6,8,10,17,20H,7,9,16H2,1-4H3,(H,18,19). The van der Waals surface area contributed by atoms with Crippen molar-refractivity contribution in [1.82, 2.24) is 0 Å². The summed E-state index contributed by atoms with van der Waals surface area (Å²) in [6.07, 6.45) is 0.485. The number of carbonyl (C=O) groups excluding carboxylic acids is 1. The first-order chi connectivity index (χ1) is 9.17. The van der Waals surface area contributed by atoms with Crippen LogP contribution in [0.1, 0.15) is 34.1 Å². The Balaban J connectivity index is 2.66. The Hall–Kier alpha value is -1.75. The van der Waals surface area contributed by atoms with E-state index in [9.17, 15) is 9.90 Å². The number of anilines is 3. The summed E-state index contributed by atoms with van der Waals surface area (Å²) in [5.41, 5.74) is 7.09. The smallest absolute Gasteiger partial charge is 0.224 e. The van der Waals surface area contributed by atoms with Crippen LogP contribution in [0.4, 0.5) is 17.1 Å². The zero-order valence-electron chi connectivity index (χ0n) is 12.7. The summed E-state index contributed by atoms with van der Waals surface area (Å²) in [6.45, 7) is 7.83. The third kappa shape index (κ3) is 5.93. The van der Waals surface area contributed by atoms with Crippen LogP contribution in [0.25, 0.3) is 0 Å². The molecule has 0 saturated carbocycles. The Bertz CT molecular complexity index is 465. The zero-order chi connectivity index (χ0) is 15.3. The second-order valence-electron chi connectivity index (χ2n) is 6.11. The molecule has 0 radical (unpaired) electrons. The first-order valence-electron chi connectivity index (χ1n) is 6.83. The highest BCUT2D eigenvalue weighted by Crippen LogP contribution is 2.23. The lowest BCUT2D eigenvalue weighted by Crippen LogP contribution is -2.29. The normalized spacial score (nSPS) is 11.5. The van der Waals surface area contributed by atoms with Gasteiger partial charge in [0.05, 0.1) is 17.0 Å². The predicted molar refractivity (Wildman–Crippen MR) is 83.7 cm³/mol. The summed E-state index contributed by atoms with van der Waals surface area (Å²) in [5, 5.41) is 15.6. The third-order valence-corrected chi connectivity index (χ3v) is 2.64. The van der Waals surface area contributed by atoms with E-state index in [1.54, 1.807) is 32.0 Å². The average Bonchev–Trinajstić information content (AvgIpc) is 2.25. The molecular formula is C15H25N3O2. The van der Waals surface area contributed by atoms with Crippen molar-refractivity contribution >= 4 is 23.0 Å². The van der Waals surface area contributed by atoms with Crippen LogP contribution < -0.4 is 16.4 Å². The lowest BCUT2D eigenvalue weighted by Gasteiger charge is -2.19. The summed E-state index contributed by atoms with van der Waals surface area (Å²) >= 11 is 0. The highest BCUT2D eigenvalue weighted by atomic mass is 16.3. The average molecular weight is 279 g/mol. The molecule has 0 aliphatic heterocycles. The number of rotatable bonds is 6. The fourth-order valence-electron chi connectivity index (χ4n) is 1.70. The molecule has 5 N–H and O–H groups in total. The number of benzene rings is 1. The van der Waals surface area contributed by atoms with Crippen molar-refractivity contribution in [3.8, 4) is 0 Å². The molecule has 0 aromatic heterocycles. The highest BCUT2D eigenvalue weighted by Gasteiger charge is 2.13. The van der Waals surface area contributed by atoms with Gasteiger partial charge in [-0.2, -0.15) is 0 Å². The van der Waals surface area contributed by atoms with E-state index in [2.05, 4.69) is 10.6 Å². The van der Waals surface area contributed by atoms with Crippen molar-refractivity contribution in [3.63, 3.8) is 0 Å². The summed E-state index contributed by atoms with van der Waals surface area (Å²) < 4.78 is 0. The molecule has 1 aromatic rings. The molecule has 0 saturated heterocycles. The van der Waals surface area contributed by atoms with Gasteiger partial charge in [-0.25, -0.2) is 0 Å². The monoisotopic (exact) mass is 279 g/mol. The van der Waals surface area contributed by atoms with E-state index >= 15 is 0 Å². The van der Waals surface area contributed by atoms with Crippen LogP contribution >= 0.6 is 0 Å². The zero-order valence-corrected chi connectivity index (χ0v) is 12.7. The van der Waals surface area contributed by atoms with Crippen LogP contribution in [0.2, 0.25) is 0 Å². The van der Waals surface area contributed by atoms with Gasteiger partial charge in [0.15, 0.2) is 0 Å². The van der Waals surface area contributed by atoms with Crippen LogP contribution in [0, 0.1) is 5.92 Å². The Morgan fingerprint density at radius 1 is 1.40 bits per heavy atom. The molecule has 0 bridgehead atoms. The van der Waals surface area contributed by atoms with Gasteiger partial charge in [0.1, 0.15) is 0 Å². The quantitative estimate of drug-likeness (QED) is 0.602. The second-order valence-corrected chi connectivity index (χ2v) is 6.11. The van der Waals surface area contributed by atoms with Crippen molar-refractivity contribution in [2.24, 2.45) is 5.92 Å². The molecular weight excluding hydrogens is 254 g/mol. The van der Waals surface area contributed by atoms with E-state index in [1.807, 2.05) is 13.8 Å². The van der Waals surface area contributed by atoms with Crippen molar-refractivity contribution in [2.45, 2.75) is 39.7 Å². The molecule has 5 heteroatoms. The molecule has 0 aliphatic rings. The van der Waals surface area contributed by atoms with Gasteiger partial charge < -0.3 is 21.5 Å². The Morgan fingerprint density at radius 2 is 2.05 bits per heavy atom. The van der Waals surface area contributed by atoms with E-state index in [4.69, 9.17) is 5.73 Å². The van der Waals surface area contributed by atoms with Crippen LogP contribution in [-0.2, 0) is 4.79 Å². The maximum Gasteiger partial charge on any atom is 0.224 e. The van der Waals surface area contributed by atoms with Gasteiger partial charge in [-0.1, -0.05) is 13.8 Å². The number of hydrogen-bond donors (Lipinski definition) is 4. The van der Waals surface area contributed by atoms with Crippen molar-refractivity contribution in [1.29, 1.82) is 0 Å². The maximum absolute atomic E-state index is 11.7. The fraction of sp³-hybridized carbons (Fsp3) is 0.533. The topological polar surface area (TPSA) is 87.4 Å². The SMILES string of the molecule is CC(C)CC(=O)Nc1ccc(NCC(C)(C)O)c(N)c1. The summed E-state index contributed by atoms with van der Waals surface area (Å²) in [6, 6.07) is 5.30. The number of nitrogens with two attached hydrogens (primary N) is 1. The molecule has 0 atom stereocenters. The first-order valence-corrected chi connectivity index (χ1v) is 6.83. The molecule has 112 valence electrons. The van der Waals surface area contributed by atoms with Crippen LogP contribution in [-0.4, -0.2) is 23.2 Å². The van der Waals surface area contributed by atoms with Crippen LogP contribution in [0.3, 0.4) is 0 Å². The molecule has 20 heavy (non-hydrogen) atoms. The molecule has 1 aromatic carbocycles. The highest BCUT2D eigenvalue weighted by molar-refractivity contribution is 5.92. The van der Waals surface area contributed by atoms with Gasteiger partial charge in [-0.05, 0) is 38.0 Å². The lowest BCUT2D eigenvalue weighted by molar-refractivity contribution is -0.116. The third-order valence-electron chi connectivity index (χ3n) is 2.64. The van der Waals surface area contributed by atoms with E-state index in [1.165, 1.54) is 0 Å². The van der Waals surface area contributed by atoms with E-state index in [0.717, 1.165) is 5.69 Å². The lowest BCUT2D eigenvalue weighted by atomic mass is 10.1. The number of nitrogens with one attached hydrogen (secondary N) is 2. The second kappa shape index (κ2) is 6.61. The van der Waals surface area contributed by atoms with E-state index in [-0.39, 0.29) is 5.91 Å².